The van der Waals surface area contributed by atoms with Crippen molar-refractivity contribution in [1.82, 2.24) is 10.6 Å². The van der Waals surface area contributed by atoms with E-state index in [9.17, 15) is 13.2 Å². The van der Waals surface area contributed by atoms with Crippen LogP contribution in [0.2, 0.25) is 0 Å². The maximum atomic E-state index is 12.6. The standard InChI is InChI=1S/C15H29F3N2/c1-11(9-20-14(2,3)4)19-10-12-5-7-13(8-6-12)15(16,17)18/h11-13,19-20H,5-10H2,1-4H3. The van der Waals surface area contributed by atoms with Crippen LogP contribution in [0.5, 0.6) is 0 Å². The minimum absolute atomic E-state index is 0.0979. The molecule has 1 saturated carbocycles. The molecule has 5 heteroatoms. The third-order valence-electron chi connectivity index (χ3n) is 4.00. The van der Waals surface area contributed by atoms with Crippen LogP contribution < -0.4 is 10.6 Å². The maximum absolute atomic E-state index is 12.6. The second-order valence-electron chi connectivity index (χ2n) is 7.20. The normalized spacial score (nSPS) is 26.6. The highest BCUT2D eigenvalue weighted by atomic mass is 19.4. The molecule has 0 aromatic heterocycles. The van der Waals surface area contributed by atoms with E-state index in [0.29, 0.717) is 37.6 Å². The molecule has 0 heterocycles. The molecule has 0 aromatic rings. The summed E-state index contributed by atoms with van der Waals surface area (Å²) in [4.78, 5) is 0. The molecule has 2 nitrogen and oxygen atoms in total. The third kappa shape index (κ3) is 6.93. The Morgan fingerprint density at radius 1 is 1.05 bits per heavy atom. The van der Waals surface area contributed by atoms with E-state index in [1.54, 1.807) is 0 Å². The lowest BCUT2D eigenvalue weighted by atomic mass is 9.81. The van der Waals surface area contributed by atoms with Crippen LogP contribution in [-0.2, 0) is 0 Å². The van der Waals surface area contributed by atoms with E-state index in [2.05, 4.69) is 38.3 Å². The highest BCUT2D eigenvalue weighted by molar-refractivity contribution is 4.80. The molecule has 1 fully saturated rings. The quantitative estimate of drug-likeness (QED) is 0.807. The Morgan fingerprint density at radius 3 is 2.05 bits per heavy atom. The molecule has 2 N–H and O–H groups in total. The topological polar surface area (TPSA) is 24.1 Å². The number of alkyl halides is 3. The summed E-state index contributed by atoms with van der Waals surface area (Å²) in [5, 5.41) is 6.86. The first-order chi connectivity index (χ1) is 9.08. The van der Waals surface area contributed by atoms with Gasteiger partial charge >= 0.3 is 6.18 Å². The van der Waals surface area contributed by atoms with E-state index in [0.717, 1.165) is 13.1 Å². The molecule has 1 rings (SSSR count). The lowest BCUT2D eigenvalue weighted by Gasteiger charge is -2.31. The first-order valence-corrected chi connectivity index (χ1v) is 7.63. The largest absolute Gasteiger partial charge is 0.391 e. The van der Waals surface area contributed by atoms with Crippen LogP contribution in [-0.4, -0.2) is 30.8 Å². The summed E-state index contributed by atoms with van der Waals surface area (Å²) < 4.78 is 37.7. The van der Waals surface area contributed by atoms with Crippen molar-refractivity contribution >= 4 is 0 Å². The Bertz CT molecular complexity index is 276. The summed E-state index contributed by atoms with van der Waals surface area (Å²) in [6.07, 6.45) is -2.02. The molecule has 1 unspecified atom stereocenters. The summed E-state index contributed by atoms with van der Waals surface area (Å²) >= 11 is 0. The van der Waals surface area contributed by atoms with Crippen molar-refractivity contribution in [3.05, 3.63) is 0 Å². The second kappa shape index (κ2) is 7.12. The average molecular weight is 294 g/mol. The molecule has 1 atom stereocenters. The SMILES string of the molecule is CC(CNC(C)(C)C)NCC1CCC(C(F)(F)F)CC1. The maximum Gasteiger partial charge on any atom is 0.391 e. The Labute approximate surface area is 120 Å². The lowest BCUT2D eigenvalue weighted by molar-refractivity contribution is -0.183. The monoisotopic (exact) mass is 294 g/mol. The summed E-state index contributed by atoms with van der Waals surface area (Å²) in [6, 6.07) is 0.342. The van der Waals surface area contributed by atoms with Crippen LogP contribution >= 0.6 is 0 Å². The average Bonchev–Trinajstić information content (AvgIpc) is 2.32. The number of hydrogen-bond donors (Lipinski definition) is 2. The summed E-state index contributed by atoms with van der Waals surface area (Å²) in [5.74, 6) is -0.676. The summed E-state index contributed by atoms with van der Waals surface area (Å²) in [5.41, 5.74) is 0.0979. The molecule has 20 heavy (non-hydrogen) atoms. The van der Waals surface area contributed by atoms with Gasteiger partial charge in [0.15, 0.2) is 0 Å². The van der Waals surface area contributed by atoms with Crippen LogP contribution in [0.4, 0.5) is 13.2 Å². The van der Waals surface area contributed by atoms with Gasteiger partial charge in [-0.05, 0) is 65.8 Å². The van der Waals surface area contributed by atoms with Gasteiger partial charge in [0.2, 0.25) is 0 Å². The van der Waals surface area contributed by atoms with Crippen molar-refractivity contribution in [1.29, 1.82) is 0 Å². The van der Waals surface area contributed by atoms with E-state index in [-0.39, 0.29) is 5.54 Å². The predicted octanol–water partition coefficient (Wildman–Crippen LogP) is 3.72. The van der Waals surface area contributed by atoms with Gasteiger partial charge in [0, 0.05) is 18.1 Å². The highest BCUT2D eigenvalue weighted by Gasteiger charge is 2.41. The minimum Gasteiger partial charge on any atom is -0.313 e. The molecular formula is C15H29F3N2. The molecule has 0 saturated heterocycles. The zero-order valence-corrected chi connectivity index (χ0v) is 13.1. The molecule has 0 radical (unpaired) electrons. The molecule has 120 valence electrons. The fourth-order valence-electron chi connectivity index (χ4n) is 2.59. The van der Waals surface area contributed by atoms with E-state index >= 15 is 0 Å². The van der Waals surface area contributed by atoms with Gasteiger partial charge in [-0.2, -0.15) is 13.2 Å². The third-order valence-corrected chi connectivity index (χ3v) is 4.00. The fourth-order valence-corrected chi connectivity index (χ4v) is 2.59. The lowest BCUT2D eigenvalue weighted by Crippen LogP contribution is -2.45. The first-order valence-electron chi connectivity index (χ1n) is 7.63. The number of hydrogen-bond acceptors (Lipinski definition) is 2. The number of rotatable bonds is 5. The molecule has 0 amide bonds. The van der Waals surface area contributed by atoms with Crippen molar-refractivity contribution in [2.45, 2.75) is 71.1 Å². The molecule has 1 aliphatic carbocycles. The van der Waals surface area contributed by atoms with Crippen LogP contribution in [0.1, 0.15) is 53.4 Å². The van der Waals surface area contributed by atoms with Gasteiger partial charge in [-0.1, -0.05) is 0 Å². The van der Waals surface area contributed by atoms with Gasteiger partial charge in [0.1, 0.15) is 0 Å². The van der Waals surface area contributed by atoms with Gasteiger partial charge in [-0.15, -0.1) is 0 Å². The van der Waals surface area contributed by atoms with Crippen LogP contribution in [0.15, 0.2) is 0 Å². The van der Waals surface area contributed by atoms with E-state index in [1.165, 1.54) is 0 Å². The van der Waals surface area contributed by atoms with Gasteiger partial charge in [-0.3, -0.25) is 0 Å². The van der Waals surface area contributed by atoms with Gasteiger partial charge in [-0.25, -0.2) is 0 Å². The van der Waals surface area contributed by atoms with E-state index in [1.807, 2.05) is 0 Å². The fraction of sp³-hybridized carbons (Fsp3) is 1.00. The highest BCUT2D eigenvalue weighted by Crippen LogP contribution is 2.39. The molecular weight excluding hydrogens is 265 g/mol. The van der Waals surface area contributed by atoms with Gasteiger partial charge in [0.05, 0.1) is 5.92 Å². The second-order valence-corrected chi connectivity index (χ2v) is 7.20. The van der Waals surface area contributed by atoms with Crippen molar-refractivity contribution < 1.29 is 13.2 Å². The first kappa shape index (κ1) is 17.8. The molecule has 1 aliphatic rings. The molecule has 0 aliphatic heterocycles. The summed E-state index contributed by atoms with van der Waals surface area (Å²) in [7, 11) is 0. The van der Waals surface area contributed by atoms with Crippen molar-refractivity contribution in [2.24, 2.45) is 11.8 Å². The Hall–Kier alpha value is -0.290. The molecule has 0 spiro atoms. The van der Waals surface area contributed by atoms with Crippen LogP contribution in [0.25, 0.3) is 0 Å². The van der Waals surface area contributed by atoms with Crippen molar-refractivity contribution in [2.75, 3.05) is 13.1 Å². The Kier molecular flexibility index (Phi) is 6.32. The van der Waals surface area contributed by atoms with Gasteiger partial charge < -0.3 is 10.6 Å². The molecule has 0 aromatic carbocycles. The van der Waals surface area contributed by atoms with Crippen LogP contribution in [0, 0.1) is 11.8 Å². The summed E-state index contributed by atoms with van der Waals surface area (Å²) in [6.45, 7) is 10.2. The van der Waals surface area contributed by atoms with E-state index in [4.69, 9.17) is 0 Å². The Balaban J connectivity index is 2.18. The Morgan fingerprint density at radius 2 is 1.60 bits per heavy atom. The van der Waals surface area contributed by atoms with Gasteiger partial charge in [0.25, 0.3) is 0 Å². The van der Waals surface area contributed by atoms with Crippen molar-refractivity contribution in [3.8, 4) is 0 Å². The zero-order valence-electron chi connectivity index (χ0n) is 13.1. The smallest absolute Gasteiger partial charge is 0.313 e. The van der Waals surface area contributed by atoms with E-state index < -0.39 is 12.1 Å². The van der Waals surface area contributed by atoms with Crippen LogP contribution in [0.3, 0.4) is 0 Å². The number of halogens is 3. The predicted molar refractivity (Wildman–Crippen MR) is 76.7 cm³/mol. The number of nitrogens with one attached hydrogen (secondary N) is 2. The molecule has 0 bridgehead atoms. The van der Waals surface area contributed by atoms with Crippen molar-refractivity contribution in [3.63, 3.8) is 0 Å². The minimum atomic E-state index is -4.00. The zero-order chi connectivity index (χ0) is 15.4.